The topological polar surface area (TPSA) is 41.1 Å². The standard InChI is InChI=1S/C16H16BrClN2O/c1-3-19-14-7-5-11(18)9-12(14)16(21)20-15-8-10(2)4-6-13(15)17/h4-9,19H,3H2,1-2H3,(H,20,21). The Kier molecular flexibility index (Phi) is 5.26. The Morgan fingerprint density at radius 3 is 2.67 bits per heavy atom. The van der Waals surface area contributed by atoms with E-state index in [9.17, 15) is 4.79 Å². The van der Waals surface area contributed by atoms with Crippen LogP contribution < -0.4 is 10.6 Å². The predicted molar refractivity (Wildman–Crippen MR) is 92.4 cm³/mol. The molecule has 0 radical (unpaired) electrons. The molecule has 0 atom stereocenters. The van der Waals surface area contributed by atoms with E-state index in [1.54, 1.807) is 12.1 Å². The summed E-state index contributed by atoms with van der Waals surface area (Å²) in [5.41, 5.74) is 3.11. The molecule has 0 heterocycles. The molecule has 110 valence electrons. The van der Waals surface area contributed by atoms with Crippen LogP contribution in [0.1, 0.15) is 22.8 Å². The second-order valence-corrected chi connectivity index (χ2v) is 5.95. The zero-order valence-corrected chi connectivity index (χ0v) is 14.2. The normalized spacial score (nSPS) is 10.3. The van der Waals surface area contributed by atoms with Crippen LogP contribution in [0.5, 0.6) is 0 Å². The molecule has 1 amide bonds. The summed E-state index contributed by atoms with van der Waals surface area (Å²) in [7, 11) is 0. The summed E-state index contributed by atoms with van der Waals surface area (Å²) in [6, 6.07) is 11.0. The Bertz CT molecular complexity index is 673. The van der Waals surface area contributed by atoms with Crippen molar-refractivity contribution >= 4 is 44.8 Å². The van der Waals surface area contributed by atoms with Gasteiger partial charge < -0.3 is 10.6 Å². The first kappa shape index (κ1) is 15.9. The van der Waals surface area contributed by atoms with E-state index in [2.05, 4.69) is 26.6 Å². The third kappa shape index (κ3) is 3.99. The van der Waals surface area contributed by atoms with E-state index in [0.29, 0.717) is 10.6 Å². The SMILES string of the molecule is CCNc1ccc(Cl)cc1C(=O)Nc1cc(C)ccc1Br. The fourth-order valence-electron chi connectivity index (χ4n) is 1.97. The fraction of sp³-hybridized carbons (Fsp3) is 0.188. The summed E-state index contributed by atoms with van der Waals surface area (Å²) in [4.78, 5) is 12.5. The van der Waals surface area contributed by atoms with Crippen LogP contribution >= 0.6 is 27.5 Å². The smallest absolute Gasteiger partial charge is 0.257 e. The quantitative estimate of drug-likeness (QED) is 0.790. The lowest BCUT2D eigenvalue weighted by atomic mass is 10.1. The van der Waals surface area contributed by atoms with E-state index in [4.69, 9.17) is 11.6 Å². The van der Waals surface area contributed by atoms with Crippen LogP contribution in [0, 0.1) is 6.92 Å². The number of nitrogens with one attached hydrogen (secondary N) is 2. The van der Waals surface area contributed by atoms with Gasteiger partial charge in [-0.1, -0.05) is 17.7 Å². The Labute approximate surface area is 137 Å². The highest BCUT2D eigenvalue weighted by atomic mass is 79.9. The largest absolute Gasteiger partial charge is 0.385 e. The van der Waals surface area contributed by atoms with Crippen molar-refractivity contribution in [2.75, 3.05) is 17.2 Å². The Hall–Kier alpha value is -1.52. The summed E-state index contributed by atoms with van der Waals surface area (Å²) in [5.74, 6) is -0.195. The van der Waals surface area contributed by atoms with Crippen molar-refractivity contribution in [3.63, 3.8) is 0 Å². The van der Waals surface area contributed by atoms with Crippen LogP contribution in [0.3, 0.4) is 0 Å². The summed E-state index contributed by atoms with van der Waals surface area (Å²) in [6.45, 7) is 4.69. The zero-order valence-electron chi connectivity index (χ0n) is 11.8. The lowest BCUT2D eigenvalue weighted by Crippen LogP contribution is -2.15. The van der Waals surface area contributed by atoms with Gasteiger partial charge in [0, 0.05) is 21.7 Å². The first-order valence-corrected chi connectivity index (χ1v) is 7.79. The second-order valence-electron chi connectivity index (χ2n) is 4.66. The van der Waals surface area contributed by atoms with Crippen molar-refractivity contribution in [3.8, 4) is 0 Å². The molecule has 21 heavy (non-hydrogen) atoms. The zero-order chi connectivity index (χ0) is 15.4. The van der Waals surface area contributed by atoms with Gasteiger partial charge in [-0.25, -0.2) is 0 Å². The Morgan fingerprint density at radius 1 is 1.19 bits per heavy atom. The molecule has 0 spiro atoms. The van der Waals surface area contributed by atoms with Crippen LogP contribution in [0.15, 0.2) is 40.9 Å². The van der Waals surface area contributed by atoms with Crippen molar-refractivity contribution in [2.45, 2.75) is 13.8 Å². The highest BCUT2D eigenvalue weighted by Crippen LogP contribution is 2.26. The molecule has 2 N–H and O–H groups in total. The van der Waals surface area contributed by atoms with Crippen molar-refractivity contribution in [1.82, 2.24) is 0 Å². The van der Waals surface area contributed by atoms with Crippen molar-refractivity contribution < 1.29 is 4.79 Å². The van der Waals surface area contributed by atoms with Gasteiger partial charge in [-0.15, -0.1) is 0 Å². The number of rotatable bonds is 4. The third-order valence-corrected chi connectivity index (χ3v) is 3.89. The number of carbonyl (C=O) groups excluding carboxylic acids is 1. The summed E-state index contributed by atoms with van der Waals surface area (Å²) < 4.78 is 0.841. The molecule has 0 aromatic heterocycles. The monoisotopic (exact) mass is 366 g/mol. The van der Waals surface area contributed by atoms with Gasteiger partial charge in [0.15, 0.2) is 0 Å². The molecule has 0 bridgehead atoms. The molecule has 0 aliphatic rings. The molecule has 2 aromatic carbocycles. The van der Waals surface area contributed by atoms with E-state index < -0.39 is 0 Å². The molecule has 0 fully saturated rings. The van der Waals surface area contributed by atoms with E-state index >= 15 is 0 Å². The Balaban J connectivity index is 2.31. The number of carbonyl (C=O) groups is 1. The van der Waals surface area contributed by atoms with E-state index in [1.165, 1.54) is 0 Å². The first-order chi connectivity index (χ1) is 10.0. The molecule has 0 saturated heterocycles. The highest BCUT2D eigenvalue weighted by Gasteiger charge is 2.13. The van der Waals surface area contributed by atoms with Crippen molar-refractivity contribution in [3.05, 3.63) is 57.0 Å². The van der Waals surface area contributed by atoms with E-state index in [0.717, 1.165) is 28.0 Å². The van der Waals surface area contributed by atoms with Gasteiger partial charge in [0.2, 0.25) is 0 Å². The van der Waals surface area contributed by atoms with Crippen molar-refractivity contribution in [2.24, 2.45) is 0 Å². The van der Waals surface area contributed by atoms with Crippen LogP contribution in [-0.2, 0) is 0 Å². The number of amides is 1. The summed E-state index contributed by atoms with van der Waals surface area (Å²) in [5, 5.41) is 6.61. The second kappa shape index (κ2) is 6.96. The van der Waals surface area contributed by atoms with E-state index in [1.807, 2.05) is 38.1 Å². The number of hydrogen-bond donors (Lipinski definition) is 2. The average Bonchev–Trinajstić information content (AvgIpc) is 2.45. The van der Waals surface area contributed by atoms with E-state index in [-0.39, 0.29) is 5.91 Å². The minimum Gasteiger partial charge on any atom is -0.385 e. The molecular formula is C16H16BrClN2O. The fourth-order valence-corrected chi connectivity index (χ4v) is 2.49. The van der Waals surface area contributed by atoms with Gasteiger partial charge in [0.05, 0.1) is 11.3 Å². The number of hydrogen-bond acceptors (Lipinski definition) is 2. The molecule has 0 unspecified atom stereocenters. The molecular weight excluding hydrogens is 352 g/mol. The van der Waals surface area contributed by atoms with Gasteiger partial charge >= 0.3 is 0 Å². The maximum absolute atomic E-state index is 12.5. The summed E-state index contributed by atoms with van der Waals surface area (Å²) >= 11 is 9.44. The number of halogens is 2. The number of aryl methyl sites for hydroxylation is 1. The van der Waals surface area contributed by atoms with Gasteiger partial charge in [0.1, 0.15) is 0 Å². The predicted octanol–water partition coefficient (Wildman–Crippen LogP) is 5.10. The van der Waals surface area contributed by atoms with Crippen LogP contribution in [-0.4, -0.2) is 12.5 Å². The Morgan fingerprint density at radius 2 is 1.95 bits per heavy atom. The minimum absolute atomic E-state index is 0.195. The molecule has 3 nitrogen and oxygen atoms in total. The van der Waals surface area contributed by atoms with Crippen molar-refractivity contribution in [1.29, 1.82) is 0 Å². The maximum Gasteiger partial charge on any atom is 0.257 e. The maximum atomic E-state index is 12.5. The summed E-state index contributed by atoms with van der Waals surface area (Å²) in [6.07, 6.45) is 0. The molecule has 0 aliphatic carbocycles. The van der Waals surface area contributed by atoms with Crippen LogP contribution in [0.2, 0.25) is 5.02 Å². The molecule has 2 aromatic rings. The lowest BCUT2D eigenvalue weighted by molar-refractivity contribution is 0.102. The third-order valence-electron chi connectivity index (χ3n) is 2.96. The molecule has 5 heteroatoms. The minimum atomic E-state index is -0.195. The average molecular weight is 368 g/mol. The number of anilines is 2. The van der Waals surface area contributed by atoms with Gasteiger partial charge in [-0.05, 0) is 65.7 Å². The molecule has 0 aliphatic heterocycles. The van der Waals surface area contributed by atoms with Crippen LogP contribution in [0.4, 0.5) is 11.4 Å². The van der Waals surface area contributed by atoms with Gasteiger partial charge in [-0.2, -0.15) is 0 Å². The highest BCUT2D eigenvalue weighted by molar-refractivity contribution is 9.10. The van der Waals surface area contributed by atoms with Gasteiger partial charge in [-0.3, -0.25) is 4.79 Å². The molecule has 0 saturated carbocycles. The van der Waals surface area contributed by atoms with Gasteiger partial charge in [0.25, 0.3) is 5.91 Å². The first-order valence-electron chi connectivity index (χ1n) is 6.62. The lowest BCUT2D eigenvalue weighted by Gasteiger charge is -2.13. The van der Waals surface area contributed by atoms with Crippen LogP contribution in [0.25, 0.3) is 0 Å². The molecule has 2 rings (SSSR count). The number of benzene rings is 2.